The third kappa shape index (κ3) is 2.34. The maximum absolute atomic E-state index is 10.4. The number of pyridine rings is 1. The van der Waals surface area contributed by atoms with Crippen molar-refractivity contribution >= 4 is 0 Å². The first-order valence-corrected chi connectivity index (χ1v) is 6.36. The van der Waals surface area contributed by atoms with Crippen molar-refractivity contribution in [2.24, 2.45) is 0 Å². The molecule has 3 saturated heterocycles. The second-order valence-electron chi connectivity index (χ2n) is 5.03. The number of aliphatic hydroxyl groups is 1. The van der Waals surface area contributed by atoms with E-state index in [2.05, 4.69) is 14.8 Å². The van der Waals surface area contributed by atoms with Gasteiger partial charge in [-0.3, -0.25) is 14.8 Å². The number of nitrogens with zero attached hydrogens (tertiary/aromatic N) is 3. The van der Waals surface area contributed by atoms with Gasteiger partial charge in [-0.15, -0.1) is 0 Å². The van der Waals surface area contributed by atoms with Crippen LogP contribution in [-0.2, 0) is 6.42 Å². The fraction of sp³-hybridized carbons (Fsp3) is 0.615. The summed E-state index contributed by atoms with van der Waals surface area (Å²) in [6.07, 6.45) is 4.05. The summed E-state index contributed by atoms with van der Waals surface area (Å²) in [5.41, 5.74) is 1.17. The van der Waals surface area contributed by atoms with Gasteiger partial charge in [0.25, 0.3) is 0 Å². The fourth-order valence-corrected chi connectivity index (χ4v) is 2.92. The Bertz CT molecular complexity index is 362. The van der Waals surface area contributed by atoms with Gasteiger partial charge in [0, 0.05) is 57.6 Å². The van der Waals surface area contributed by atoms with Crippen LogP contribution in [0, 0.1) is 0 Å². The second kappa shape index (κ2) is 4.72. The van der Waals surface area contributed by atoms with Gasteiger partial charge in [-0.2, -0.15) is 0 Å². The van der Waals surface area contributed by atoms with Gasteiger partial charge in [0.2, 0.25) is 0 Å². The van der Waals surface area contributed by atoms with Gasteiger partial charge in [0.05, 0.1) is 6.10 Å². The van der Waals surface area contributed by atoms with Crippen LogP contribution < -0.4 is 0 Å². The fourth-order valence-electron chi connectivity index (χ4n) is 2.92. The molecule has 1 N–H and O–H groups in total. The zero-order valence-electron chi connectivity index (χ0n) is 10.00. The molecule has 92 valence electrons. The molecular formula is C13H19N3O. The molecule has 0 radical (unpaired) electrons. The smallest absolute Gasteiger partial charge is 0.0748 e. The Morgan fingerprint density at radius 2 is 1.94 bits per heavy atom. The normalized spacial score (nSPS) is 33.6. The lowest BCUT2D eigenvalue weighted by molar-refractivity contribution is -0.0453. The molecule has 2 bridgehead atoms. The van der Waals surface area contributed by atoms with Crippen molar-refractivity contribution in [3.63, 3.8) is 0 Å². The van der Waals surface area contributed by atoms with E-state index in [1.165, 1.54) is 18.7 Å². The zero-order valence-corrected chi connectivity index (χ0v) is 10.00. The third-order valence-corrected chi connectivity index (χ3v) is 3.96. The molecule has 17 heavy (non-hydrogen) atoms. The van der Waals surface area contributed by atoms with Crippen LogP contribution in [-0.4, -0.2) is 64.8 Å². The van der Waals surface area contributed by atoms with Gasteiger partial charge in [-0.05, 0) is 17.7 Å². The number of aromatic nitrogens is 1. The quantitative estimate of drug-likeness (QED) is 0.797. The minimum atomic E-state index is -0.263. The Labute approximate surface area is 102 Å². The average molecular weight is 233 g/mol. The number of fused-ring (bicyclic) bond motifs is 3. The predicted molar refractivity (Wildman–Crippen MR) is 65.7 cm³/mol. The molecule has 0 aliphatic carbocycles. The topological polar surface area (TPSA) is 39.6 Å². The first-order chi connectivity index (χ1) is 8.33. The van der Waals surface area contributed by atoms with Gasteiger partial charge >= 0.3 is 0 Å². The summed E-state index contributed by atoms with van der Waals surface area (Å²) in [6.45, 7) is 5.57. The Morgan fingerprint density at radius 3 is 2.53 bits per heavy atom. The van der Waals surface area contributed by atoms with Crippen LogP contribution in [0.5, 0.6) is 0 Å². The monoisotopic (exact) mass is 233 g/mol. The van der Waals surface area contributed by atoms with E-state index in [-0.39, 0.29) is 6.10 Å². The molecule has 3 aliphatic rings. The average Bonchev–Trinajstić information content (AvgIpc) is 2.41. The van der Waals surface area contributed by atoms with Crippen LogP contribution in [0.1, 0.15) is 5.56 Å². The molecule has 4 heterocycles. The summed E-state index contributed by atoms with van der Waals surface area (Å²) in [6, 6.07) is 4.28. The molecule has 1 aromatic heterocycles. The summed E-state index contributed by atoms with van der Waals surface area (Å²) in [5.74, 6) is 0. The third-order valence-electron chi connectivity index (χ3n) is 3.96. The number of hydrogen-bond acceptors (Lipinski definition) is 4. The largest absolute Gasteiger partial charge is 0.391 e. The van der Waals surface area contributed by atoms with Gasteiger partial charge in [0.1, 0.15) is 0 Å². The molecular weight excluding hydrogens is 214 g/mol. The lowest BCUT2D eigenvalue weighted by Gasteiger charge is -2.49. The molecule has 1 aromatic rings. The van der Waals surface area contributed by atoms with Crippen LogP contribution in [0.4, 0.5) is 0 Å². The maximum Gasteiger partial charge on any atom is 0.0748 e. The molecule has 3 fully saturated rings. The summed E-state index contributed by atoms with van der Waals surface area (Å²) in [5, 5.41) is 10.4. The summed E-state index contributed by atoms with van der Waals surface area (Å²) in [7, 11) is 0. The standard InChI is InChI=1S/C13H19N3O/c17-13(9-11-1-3-14-4-2-11)12-10-15-5-7-16(12)8-6-15/h1-4,12-13,17H,5-10H2. The minimum Gasteiger partial charge on any atom is -0.391 e. The van der Waals surface area contributed by atoms with Crippen LogP contribution >= 0.6 is 0 Å². The Kier molecular flexibility index (Phi) is 3.09. The highest BCUT2D eigenvalue weighted by Crippen LogP contribution is 2.20. The van der Waals surface area contributed by atoms with Crippen molar-refractivity contribution in [2.75, 3.05) is 32.7 Å². The zero-order chi connectivity index (χ0) is 11.7. The van der Waals surface area contributed by atoms with E-state index in [0.717, 1.165) is 26.1 Å². The van der Waals surface area contributed by atoms with E-state index in [9.17, 15) is 5.11 Å². The Balaban J connectivity index is 1.64. The molecule has 2 atom stereocenters. The van der Waals surface area contributed by atoms with Crippen molar-refractivity contribution in [2.45, 2.75) is 18.6 Å². The van der Waals surface area contributed by atoms with E-state index in [4.69, 9.17) is 0 Å². The number of aliphatic hydroxyl groups excluding tert-OH is 1. The summed E-state index contributed by atoms with van der Waals surface area (Å²) >= 11 is 0. The van der Waals surface area contributed by atoms with Gasteiger partial charge in [0.15, 0.2) is 0 Å². The second-order valence-corrected chi connectivity index (χ2v) is 5.03. The Morgan fingerprint density at radius 1 is 1.24 bits per heavy atom. The molecule has 0 spiro atoms. The van der Waals surface area contributed by atoms with Crippen molar-refractivity contribution in [3.05, 3.63) is 30.1 Å². The first-order valence-electron chi connectivity index (χ1n) is 6.36. The molecule has 0 amide bonds. The maximum atomic E-state index is 10.4. The van der Waals surface area contributed by atoms with Crippen LogP contribution in [0.3, 0.4) is 0 Å². The van der Waals surface area contributed by atoms with Crippen LogP contribution in [0.15, 0.2) is 24.5 Å². The van der Waals surface area contributed by atoms with E-state index in [1.54, 1.807) is 12.4 Å². The SMILES string of the molecule is OC(Cc1ccncc1)C1CN2CCN1CC2. The minimum absolute atomic E-state index is 0.263. The molecule has 4 heteroatoms. The first kappa shape index (κ1) is 11.1. The van der Waals surface area contributed by atoms with E-state index >= 15 is 0 Å². The number of rotatable bonds is 3. The molecule has 0 aromatic carbocycles. The van der Waals surface area contributed by atoms with E-state index < -0.39 is 0 Å². The van der Waals surface area contributed by atoms with Crippen molar-refractivity contribution < 1.29 is 5.11 Å². The van der Waals surface area contributed by atoms with Crippen molar-refractivity contribution in [1.29, 1.82) is 0 Å². The highest BCUT2D eigenvalue weighted by Gasteiger charge is 2.35. The van der Waals surface area contributed by atoms with Gasteiger partial charge in [-0.1, -0.05) is 0 Å². The number of piperazine rings is 3. The van der Waals surface area contributed by atoms with Crippen molar-refractivity contribution in [3.8, 4) is 0 Å². The lowest BCUT2D eigenvalue weighted by Crippen LogP contribution is -2.64. The number of hydrogen-bond donors (Lipinski definition) is 1. The Hall–Kier alpha value is -0.970. The van der Waals surface area contributed by atoms with Gasteiger partial charge < -0.3 is 5.11 Å². The van der Waals surface area contributed by atoms with Crippen molar-refractivity contribution in [1.82, 2.24) is 14.8 Å². The van der Waals surface area contributed by atoms with E-state index in [0.29, 0.717) is 6.04 Å². The van der Waals surface area contributed by atoms with E-state index in [1.807, 2.05) is 12.1 Å². The molecule has 2 unspecified atom stereocenters. The molecule has 4 rings (SSSR count). The molecule has 4 nitrogen and oxygen atoms in total. The summed E-state index contributed by atoms with van der Waals surface area (Å²) in [4.78, 5) is 8.90. The highest BCUT2D eigenvalue weighted by molar-refractivity contribution is 5.12. The predicted octanol–water partition coefficient (Wildman–Crippen LogP) is -0.0152. The lowest BCUT2D eigenvalue weighted by atomic mass is 9.97. The van der Waals surface area contributed by atoms with Crippen LogP contribution in [0.2, 0.25) is 0 Å². The van der Waals surface area contributed by atoms with Gasteiger partial charge in [-0.25, -0.2) is 0 Å². The highest BCUT2D eigenvalue weighted by atomic mass is 16.3. The molecule has 0 saturated carbocycles. The van der Waals surface area contributed by atoms with Crippen LogP contribution in [0.25, 0.3) is 0 Å². The summed E-state index contributed by atoms with van der Waals surface area (Å²) < 4.78 is 0. The molecule has 3 aliphatic heterocycles.